The van der Waals surface area contributed by atoms with Crippen molar-refractivity contribution in [1.29, 1.82) is 0 Å². The molecular formula is C15H12ClF3N4O2S. The van der Waals surface area contributed by atoms with E-state index in [4.69, 9.17) is 16.3 Å². The molecule has 138 valence electrons. The van der Waals surface area contributed by atoms with Gasteiger partial charge in [0.1, 0.15) is 10.9 Å². The molecule has 0 atom stereocenters. The molecule has 2 aromatic heterocycles. The molecule has 1 aromatic carbocycles. The molecule has 0 aliphatic heterocycles. The fraction of sp³-hybridized carbons (Fsp3) is 0.267. The number of nitrogens with one attached hydrogen (secondary N) is 1. The van der Waals surface area contributed by atoms with Gasteiger partial charge in [-0.05, 0) is 25.1 Å². The van der Waals surface area contributed by atoms with E-state index >= 15 is 0 Å². The van der Waals surface area contributed by atoms with E-state index in [1.807, 2.05) is 0 Å². The molecule has 0 unspecified atom stereocenters. The number of alkyl halides is 3. The molecule has 0 bridgehead atoms. The second kappa shape index (κ2) is 6.76. The summed E-state index contributed by atoms with van der Waals surface area (Å²) in [6, 6.07) is 4.35. The Morgan fingerprint density at radius 3 is 2.77 bits per heavy atom. The van der Waals surface area contributed by atoms with Gasteiger partial charge in [-0.1, -0.05) is 22.9 Å². The molecule has 1 N–H and O–H groups in total. The maximum atomic E-state index is 12.4. The molecule has 0 fully saturated rings. The third-order valence-corrected chi connectivity index (χ3v) is 4.73. The van der Waals surface area contributed by atoms with E-state index in [9.17, 15) is 18.0 Å². The van der Waals surface area contributed by atoms with Gasteiger partial charge in [-0.3, -0.25) is 14.8 Å². The summed E-state index contributed by atoms with van der Waals surface area (Å²) in [6.07, 6.45) is -4.41. The minimum absolute atomic E-state index is 0.0718. The van der Waals surface area contributed by atoms with E-state index in [0.29, 0.717) is 15.9 Å². The number of hydrogen-bond acceptors (Lipinski definition) is 5. The van der Waals surface area contributed by atoms with Crippen LogP contribution in [0.4, 0.5) is 18.3 Å². The Hall–Kier alpha value is -2.33. The standard InChI is InChI=1S/C15H12ClF3N4O2S/c1-7-11(12(16)23(2)22-7)13(24)21-14-20-9-4-3-8(5-10(9)26-14)25-6-15(17,18)19/h3-5H,6H2,1-2H3,(H,20,21,24). The highest BCUT2D eigenvalue weighted by Gasteiger charge is 2.28. The molecule has 26 heavy (non-hydrogen) atoms. The normalized spacial score (nSPS) is 11.8. The highest BCUT2D eigenvalue weighted by Crippen LogP contribution is 2.31. The maximum Gasteiger partial charge on any atom is 0.422 e. The highest BCUT2D eigenvalue weighted by molar-refractivity contribution is 7.22. The molecule has 0 aliphatic rings. The van der Waals surface area contributed by atoms with Gasteiger partial charge in [-0.2, -0.15) is 18.3 Å². The number of aryl methyl sites for hydroxylation is 2. The lowest BCUT2D eigenvalue weighted by atomic mass is 10.2. The first-order valence-electron chi connectivity index (χ1n) is 7.24. The van der Waals surface area contributed by atoms with Crippen molar-refractivity contribution < 1.29 is 22.7 Å². The minimum Gasteiger partial charge on any atom is -0.484 e. The van der Waals surface area contributed by atoms with Gasteiger partial charge in [0.05, 0.1) is 21.5 Å². The van der Waals surface area contributed by atoms with Crippen LogP contribution in [0.3, 0.4) is 0 Å². The monoisotopic (exact) mass is 404 g/mol. The maximum absolute atomic E-state index is 12.4. The van der Waals surface area contributed by atoms with E-state index < -0.39 is 18.7 Å². The number of amides is 1. The average Bonchev–Trinajstić information content (AvgIpc) is 3.04. The van der Waals surface area contributed by atoms with Gasteiger partial charge in [-0.15, -0.1) is 0 Å². The topological polar surface area (TPSA) is 69.0 Å². The van der Waals surface area contributed by atoms with Crippen LogP contribution in [-0.2, 0) is 7.05 Å². The van der Waals surface area contributed by atoms with Gasteiger partial charge in [-0.25, -0.2) is 4.98 Å². The number of fused-ring (bicyclic) bond motifs is 1. The number of hydrogen-bond donors (Lipinski definition) is 1. The van der Waals surface area contributed by atoms with Crippen LogP contribution >= 0.6 is 22.9 Å². The predicted octanol–water partition coefficient (Wildman–Crippen LogP) is 4.19. The molecule has 0 aliphatic carbocycles. The largest absolute Gasteiger partial charge is 0.484 e. The fourth-order valence-electron chi connectivity index (χ4n) is 2.26. The number of nitrogens with zero attached hydrogens (tertiary/aromatic N) is 3. The van der Waals surface area contributed by atoms with E-state index in [2.05, 4.69) is 15.4 Å². The number of halogens is 4. The molecule has 3 rings (SSSR count). The van der Waals surface area contributed by atoms with Gasteiger partial charge in [0.25, 0.3) is 5.91 Å². The molecule has 0 saturated heterocycles. The Bertz CT molecular complexity index is 983. The Balaban J connectivity index is 1.79. The summed E-state index contributed by atoms with van der Waals surface area (Å²) in [5, 5.41) is 7.18. The van der Waals surface area contributed by atoms with Gasteiger partial charge in [0.15, 0.2) is 11.7 Å². The van der Waals surface area contributed by atoms with Crippen LogP contribution in [0.2, 0.25) is 5.15 Å². The Morgan fingerprint density at radius 1 is 1.42 bits per heavy atom. The summed E-state index contributed by atoms with van der Waals surface area (Å²) in [5.74, 6) is -0.393. The van der Waals surface area contributed by atoms with Gasteiger partial charge in [0, 0.05) is 7.05 Å². The SMILES string of the molecule is Cc1nn(C)c(Cl)c1C(=O)Nc1nc2ccc(OCC(F)(F)F)cc2s1. The number of aromatic nitrogens is 3. The third kappa shape index (κ3) is 3.91. The molecule has 0 spiro atoms. The highest BCUT2D eigenvalue weighted by atomic mass is 35.5. The minimum atomic E-state index is -4.41. The zero-order valence-corrected chi connectivity index (χ0v) is 15.1. The summed E-state index contributed by atoms with van der Waals surface area (Å²) < 4.78 is 43.4. The van der Waals surface area contributed by atoms with Gasteiger partial charge < -0.3 is 4.74 Å². The number of thiazole rings is 1. The molecule has 0 radical (unpaired) electrons. The van der Waals surface area contributed by atoms with E-state index in [0.717, 1.165) is 11.3 Å². The first kappa shape index (κ1) is 18.5. The summed E-state index contributed by atoms with van der Waals surface area (Å²) in [7, 11) is 1.62. The van der Waals surface area contributed by atoms with Crippen molar-refractivity contribution in [3.63, 3.8) is 0 Å². The van der Waals surface area contributed by atoms with Crippen LogP contribution in [-0.4, -0.2) is 33.5 Å². The average molecular weight is 405 g/mol. The van der Waals surface area contributed by atoms with E-state index in [1.54, 1.807) is 14.0 Å². The van der Waals surface area contributed by atoms with Gasteiger partial charge >= 0.3 is 6.18 Å². The first-order valence-corrected chi connectivity index (χ1v) is 8.44. The third-order valence-electron chi connectivity index (χ3n) is 3.36. The van der Waals surface area contributed by atoms with Crippen molar-refractivity contribution >= 4 is 44.2 Å². The predicted molar refractivity (Wildman–Crippen MR) is 92.1 cm³/mol. The molecular weight excluding hydrogens is 393 g/mol. The van der Waals surface area contributed by atoms with Crippen LogP contribution in [0.1, 0.15) is 16.1 Å². The van der Waals surface area contributed by atoms with Crippen LogP contribution in [0.5, 0.6) is 5.75 Å². The smallest absolute Gasteiger partial charge is 0.422 e. The summed E-state index contributed by atoms with van der Waals surface area (Å²) in [4.78, 5) is 16.6. The Morgan fingerprint density at radius 2 is 2.15 bits per heavy atom. The molecule has 3 aromatic rings. The quantitative estimate of drug-likeness (QED) is 0.708. The zero-order chi connectivity index (χ0) is 19.1. The fourth-order valence-corrected chi connectivity index (χ4v) is 3.41. The molecule has 11 heteroatoms. The van der Waals surface area contributed by atoms with Crippen LogP contribution in [0.25, 0.3) is 10.2 Å². The lowest BCUT2D eigenvalue weighted by molar-refractivity contribution is -0.153. The number of carbonyl (C=O) groups excluding carboxylic acids is 1. The molecule has 1 amide bonds. The van der Waals surface area contributed by atoms with Crippen molar-refractivity contribution in [2.75, 3.05) is 11.9 Å². The van der Waals surface area contributed by atoms with Crippen molar-refractivity contribution in [3.8, 4) is 5.75 Å². The molecule has 2 heterocycles. The second-order valence-electron chi connectivity index (χ2n) is 5.38. The van der Waals surface area contributed by atoms with Crippen molar-refractivity contribution in [3.05, 3.63) is 34.6 Å². The Kier molecular flexibility index (Phi) is 4.80. The van der Waals surface area contributed by atoms with E-state index in [1.165, 1.54) is 22.9 Å². The van der Waals surface area contributed by atoms with Gasteiger partial charge in [0.2, 0.25) is 0 Å². The summed E-state index contributed by atoms with van der Waals surface area (Å²) >= 11 is 7.17. The van der Waals surface area contributed by atoms with Crippen molar-refractivity contribution in [2.24, 2.45) is 7.05 Å². The molecule has 6 nitrogen and oxygen atoms in total. The summed E-state index contributed by atoms with van der Waals surface area (Å²) in [5.41, 5.74) is 1.24. The first-order chi connectivity index (χ1) is 12.1. The lowest BCUT2D eigenvalue weighted by Crippen LogP contribution is -2.19. The van der Waals surface area contributed by atoms with Crippen LogP contribution < -0.4 is 10.1 Å². The summed E-state index contributed by atoms with van der Waals surface area (Å²) in [6.45, 7) is 0.281. The van der Waals surface area contributed by atoms with Crippen LogP contribution in [0, 0.1) is 6.92 Å². The Labute approximate surface area is 154 Å². The van der Waals surface area contributed by atoms with Crippen LogP contribution in [0.15, 0.2) is 18.2 Å². The van der Waals surface area contributed by atoms with Crippen molar-refractivity contribution in [2.45, 2.75) is 13.1 Å². The number of ether oxygens (including phenoxy) is 1. The number of benzene rings is 1. The van der Waals surface area contributed by atoms with E-state index in [-0.39, 0.29) is 21.6 Å². The number of rotatable bonds is 4. The van der Waals surface area contributed by atoms with Crippen molar-refractivity contribution in [1.82, 2.24) is 14.8 Å². The number of carbonyl (C=O) groups is 1. The number of anilines is 1. The zero-order valence-electron chi connectivity index (χ0n) is 13.5. The lowest BCUT2D eigenvalue weighted by Gasteiger charge is -2.08. The second-order valence-corrected chi connectivity index (χ2v) is 6.77. The molecule has 0 saturated carbocycles.